The van der Waals surface area contributed by atoms with Gasteiger partial charge in [-0.25, -0.2) is 0 Å². The molecule has 0 saturated carbocycles. The number of rotatable bonds is 6. The van der Waals surface area contributed by atoms with Crippen LogP contribution >= 0.6 is 0 Å². The molecule has 106 valence electrons. The van der Waals surface area contributed by atoms with Crippen LogP contribution in [-0.2, 0) is 4.79 Å². The van der Waals surface area contributed by atoms with Gasteiger partial charge in [0.15, 0.2) is 0 Å². The van der Waals surface area contributed by atoms with E-state index in [-0.39, 0.29) is 5.92 Å². The first-order valence-corrected chi connectivity index (χ1v) is 7.05. The fourth-order valence-electron chi connectivity index (χ4n) is 2.72. The molecule has 0 aromatic heterocycles. The van der Waals surface area contributed by atoms with Crippen molar-refractivity contribution in [1.29, 1.82) is 0 Å². The smallest absolute Gasteiger partial charge is 0.307 e. The zero-order valence-electron chi connectivity index (χ0n) is 12.2. The Kier molecular flexibility index (Phi) is 6.09. The molecular weight excluding hydrogens is 228 g/mol. The largest absolute Gasteiger partial charge is 0.481 e. The standard InChI is InChI=1S/C14H28N2O2/c1-11(2)9-16-7-5-13(6-8-16)15(4)10-12(3)14(17)18/h11-13H,5-10H2,1-4H3,(H,17,18). The number of likely N-dealkylation sites (tertiary alicyclic amines) is 1. The summed E-state index contributed by atoms with van der Waals surface area (Å²) in [6.45, 7) is 10.4. The van der Waals surface area contributed by atoms with Crippen molar-refractivity contribution >= 4 is 5.97 Å². The van der Waals surface area contributed by atoms with Crippen molar-refractivity contribution in [2.45, 2.75) is 39.7 Å². The van der Waals surface area contributed by atoms with Gasteiger partial charge >= 0.3 is 5.97 Å². The Labute approximate surface area is 111 Å². The number of nitrogens with zero attached hydrogens (tertiary/aromatic N) is 2. The minimum Gasteiger partial charge on any atom is -0.481 e. The van der Waals surface area contributed by atoms with Gasteiger partial charge in [0.2, 0.25) is 0 Å². The number of aliphatic carboxylic acids is 1. The highest BCUT2D eigenvalue weighted by atomic mass is 16.4. The highest BCUT2D eigenvalue weighted by molar-refractivity contribution is 5.69. The highest BCUT2D eigenvalue weighted by Crippen LogP contribution is 2.17. The lowest BCUT2D eigenvalue weighted by Gasteiger charge is -2.37. The lowest BCUT2D eigenvalue weighted by Crippen LogP contribution is -2.45. The van der Waals surface area contributed by atoms with Crippen molar-refractivity contribution in [3.63, 3.8) is 0 Å². The van der Waals surface area contributed by atoms with E-state index in [1.807, 2.05) is 0 Å². The Balaban J connectivity index is 2.31. The molecule has 1 aliphatic rings. The van der Waals surface area contributed by atoms with Crippen molar-refractivity contribution in [3.8, 4) is 0 Å². The first-order valence-electron chi connectivity index (χ1n) is 7.05. The summed E-state index contributed by atoms with van der Waals surface area (Å²) in [6.07, 6.45) is 2.32. The number of carbonyl (C=O) groups is 1. The quantitative estimate of drug-likeness (QED) is 0.786. The van der Waals surface area contributed by atoms with E-state index in [4.69, 9.17) is 5.11 Å². The van der Waals surface area contributed by atoms with Crippen molar-refractivity contribution in [2.75, 3.05) is 33.2 Å². The summed E-state index contributed by atoms with van der Waals surface area (Å²) < 4.78 is 0. The van der Waals surface area contributed by atoms with Crippen LogP contribution in [0.2, 0.25) is 0 Å². The summed E-state index contributed by atoms with van der Waals surface area (Å²) >= 11 is 0. The van der Waals surface area contributed by atoms with E-state index in [0.717, 1.165) is 31.8 Å². The van der Waals surface area contributed by atoms with Gasteiger partial charge in [0.1, 0.15) is 0 Å². The molecule has 1 atom stereocenters. The summed E-state index contributed by atoms with van der Waals surface area (Å²) in [6, 6.07) is 0.551. The Morgan fingerprint density at radius 2 is 1.89 bits per heavy atom. The van der Waals surface area contributed by atoms with E-state index in [9.17, 15) is 4.79 Å². The number of carboxylic acid groups (broad SMARTS) is 1. The molecule has 0 aliphatic carbocycles. The molecule has 0 spiro atoms. The van der Waals surface area contributed by atoms with Gasteiger partial charge in [-0.05, 0) is 38.9 Å². The predicted octanol–water partition coefficient (Wildman–Crippen LogP) is 1.76. The highest BCUT2D eigenvalue weighted by Gasteiger charge is 2.24. The molecule has 0 bridgehead atoms. The van der Waals surface area contributed by atoms with Crippen molar-refractivity contribution < 1.29 is 9.90 Å². The molecule has 4 nitrogen and oxygen atoms in total. The summed E-state index contributed by atoms with van der Waals surface area (Å²) in [5, 5.41) is 8.94. The minimum atomic E-state index is -0.695. The third-order valence-corrected chi connectivity index (χ3v) is 3.79. The van der Waals surface area contributed by atoms with Gasteiger partial charge in [0.05, 0.1) is 5.92 Å². The van der Waals surface area contributed by atoms with Crippen LogP contribution < -0.4 is 0 Å². The fourth-order valence-corrected chi connectivity index (χ4v) is 2.72. The van der Waals surface area contributed by atoms with Gasteiger partial charge in [0, 0.05) is 19.1 Å². The van der Waals surface area contributed by atoms with E-state index in [1.165, 1.54) is 6.54 Å². The molecule has 18 heavy (non-hydrogen) atoms. The maximum absolute atomic E-state index is 10.9. The molecule has 1 N–H and O–H groups in total. The molecule has 0 aromatic rings. The van der Waals surface area contributed by atoms with Crippen molar-refractivity contribution in [3.05, 3.63) is 0 Å². The molecular formula is C14H28N2O2. The average Bonchev–Trinajstić information content (AvgIpc) is 2.28. The van der Waals surface area contributed by atoms with Crippen LogP contribution in [0.5, 0.6) is 0 Å². The van der Waals surface area contributed by atoms with E-state index < -0.39 is 5.97 Å². The van der Waals surface area contributed by atoms with Gasteiger partial charge in [-0.3, -0.25) is 4.79 Å². The SMILES string of the molecule is CC(C)CN1CCC(N(C)CC(C)C(=O)O)CC1. The van der Waals surface area contributed by atoms with Crippen LogP contribution in [0.15, 0.2) is 0 Å². The molecule has 1 heterocycles. The average molecular weight is 256 g/mol. The summed E-state index contributed by atoms with van der Waals surface area (Å²) in [4.78, 5) is 15.6. The number of piperidine rings is 1. The van der Waals surface area contributed by atoms with Gasteiger partial charge in [-0.1, -0.05) is 20.8 Å². The summed E-state index contributed by atoms with van der Waals surface area (Å²) in [5.41, 5.74) is 0. The van der Waals surface area contributed by atoms with E-state index in [2.05, 4.69) is 30.7 Å². The maximum atomic E-state index is 10.9. The molecule has 4 heteroatoms. The van der Waals surface area contributed by atoms with Crippen molar-refractivity contribution in [2.24, 2.45) is 11.8 Å². The fraction of sp³-hybridized carbons (Fsp3) is 0.929. The zero-order valence-corrected chi connectivity index (χ0v) is 12.2. The molecule has 0 amide bonds. The van der Waals surface area contributed by atoms with Crippen LogP contribution in [0, 0.1) is 11.8 Å². The van der Waals surface area contributed by atoms with Crippen LogP contribution in [0.4, 0.5) is 0 Å². The molecule has 1 rings (SSSR count). The summed E-state index contributed by atoms with van der Waals surface area (Å²) in [5.74, 6) is -0.242. The first-order chi connectivity index (χ1) is 8.40. The molecule has 1 unspecified atom stereocenters. The maximum Gasteiger partial charge on any atom is 0.307 e. The van der Waals surface area contributed by atoms with Crippen LogP contribution in [-0.4, -0.2) is 60.1 Å². The van der Waals surface area contributed by atoms with E-state index in [0.29, 0.717) is 12.6 Å². The topological polar surface area (TPSA) is 43.8 Å². The number of carboxylic acids is 1. The van der Waals surface area contributed by atoms with Crippen molar-refractivity contribution in [1.82, 2.24) is 9.80 Å². The predicted molar refractivity (Wildman–Crippen MR) is 73.7 cm³/mol. The molecule has 0 radical (unpaired) electrons. The Morgan fingerprint density at radius 3 is 2.33 bits per heavy atom. The third kappa shape index (κ3) is 4.94. The monoisotopic (exact) mass is 256 g/mol. The molecule has 1 fully saturated rings. The zero-order chi connectivity index (χ0) is 13.7. The van der Waals surface area contributed by atoms with Crippen LogP contribution in [0.3, 0.4) is 0 Å². The second kappa shape index (κ2) is 7.10. The van der Waals surface area contributed by atoms with Crippen LogP contribution in [0.25, 0.3) is 0 Å². The number of hydrogen-bond acceptors (Lipinski definition) is 3. The van der Waals surface area contributed by atoms with E-state index in [1.54, 1.807) is 6.92 Å². The van der Waals surface area contributed by atoms with Gasteiger partial charge in [0.25, 0.3) is 0 Å². The lowest BCUT2D eigenvalue weighted by atomic mass is 10.0. The Morgan fingerprint density at radius 1 is 1.33 bits per heavy atom. The Hall–Kier alpha value is -0.610. The van der Waals surface area contributed by atoms with Gasteiger partial charge in [-0.2, -0.15) is 0 Å². The van der Waals surface area contributed by atoms with E-state index >= 15 is 0 Å². The molecule has 1 saturated heterocycles. The minimum absolute atomic E-state index is 0.274. The van der Waals surface area contributed by atoms with Gasteiger partial charge < -0.3 is 14.9 Å². The normalized spacial score (nSPS) is 20.6. The molecule has 1 aliphatic heterocycles. The number of hydrogen-bond donors (Lipinski definition) is 1. The lowest BCUT2D eigenvalue weighted by molar-refractivity contribution is -0.141. The third-order valence-electron chi connectivity index (χ3n) is 3.79. The Bertz CT molecular complexity index is 261. The first kappa shape index (κ1) is 15.4. The van der Waals surface area contributed by atoms with Gasteiger partial charge in [-0.15, -0.1) is 0 Å². The molecule has 0 aromatic carbocycles. The second-order valence-electron chi connectivity index (χ2n) is 6.10. The summed E-state index contributed by atoms with van der Waals surface area (Å²) in [7, 11) is 2.06. The second-order valence-corrected chi connectivity index (χ2v) is 6.10. The van der Waals surface area contributed by atoms with Crippen LogP contribution in [0.1, 0.15) is 33.6 Å².